The Morgan fingerprint density at radius 1 is 1.39 bits per heavy atom. The van der Waals surface area contributed by atoms with Crippen molar-refractivity contribution in [2.75, 3.05) is 13.1 Å². The molecule has 1 saturated heterocycles. The van der Waals surface area contributed by atoms with Crippen LogP contribution in [0.25, 0.3) is 0 Å². The fourth-order valence-corrected chi connectivity index (χ4v) is 2.64. The van der Waals surface area contributed by atoms with Crippen molar-refractivity contribution in [2.45, 2.75) is 46.2 Å². The highest BCUT2D eigenvalue weighted by Crippen LogP contribution is 2.24. The molecular weight excluding hydrogens is 228 g/mol. The van der Waals surface area contributed by atoms with Gasteiger partial charge in [-0.15, -0.1) is 0 Å². The second-order valence-corrected chi connectivity index (χ2v) is 5.52. The maximum Gasteiger partial charge on any atom is 0.240 e. The molecule has 5 heteroatoms. The Balaban J connectivity index is 1.86. The van der Waals surface area contributed by atoms with Crippen molar-refractivity contribution in [2.24, 2.45) is 17.6 Å². The molecule has 1 aromatic heterocycles. The first-order valence-corrected chi connectivity index (χ1v) is 6.93. The van der Waals surface area contributed by atoms with Gasteiger partial charge in [-0.2, -0.15) is 4.98 Å². The average Bonchev–Trinajstić information content (AvgIpc) is 2.66. The molecule has 0 spiro atoms. The summed E-state index contributed by atoms with van der Waals surface area (Å²) in [6.45, 7) is 8.03. The van der Waals surface area contributed by atoms with E-state index in [1.807, 2.05) is 0 Å². The molecule has 18 heavy (non-hydrogen) atoms. The van der Waals surface area contributed by atoms with Crippen LogP contribution in [0.3, 0.4) is 0 Å². The normalized spacial score (nSPS) is 22.3. The van der Waals surface area contributed by atoms with E-state index in [0.717, 1.165) is 37.3 Å². The Bertz CT molecular complexity index is 364. The number of nitrogens with two attached hydrogens (primary N) is 1. The fourth-order valence-electron chi connectivity index (χ4n) is 2.64. The summed E-state index contributed by atoms with van der Waals surface area (Å²) in [6, 6.07) is 0. The van der Waals surface area contributed by atoms with Crippen LogP contribution in [0.2, 0.25) is 0 Å². The molecule has 0 bridgehead atoms. The molecular formula is C13H24N4O. The van der Waals surface area contributed by atoms with Gasteiger partial charge in [-0.1, -0.05) is 19.0 Å². The number of aromatic nitrogens is 2. The van der Waals surface area contributed by atoms with E-state index >= 15 is 0 Å². The lowest BCUT2D eigenvalue weighted by Gasteiger charge is -2.19. The Morgan fingerprint density at radius 3 is 2.89 bits per heavy atom. The van der Waals surface area contributed by atoms with Crippen LogP contribution in [-0.2, 0) is 13.1 Å². The zero-order valence-electron chi connectivity index (χ0n) is 11.4. The maximum atomic E-state index is 5.46. The molecule has 1 aliphatic rings. The van der Waals surface area contributed by atoms with Gasteiger partial charge in [-0.05, 0) is 44.2 Å². The molecule has 1 unspecified atom stereocenters. The summed E-state index contributed by atoms with van der Waals surface area (Å²) >= 11 is 0. The van der Waals surface area contributed by atoms with Gasteiger partial charge >= 0.3 is 0 Å². The van der Waals surface area contributed by atoms with Gasteiger partial charge in [0.25, 0.3) is 0 Å². The molecule has 1 aliphatic heterocycles. The van der Waals surface area contributed by atoms with E-state index in [1.165, 1.54) is 19.3 Å². The van der Waals surface area contributed by atoms with Gasteiger partial charge in [-0.25, -0.2) is 0 Å². The van der Waals surface area contributed by atoms with Crippen molar-refractivity contribution < 1.29 is 4.52 Å². The molecule has 2 heterocycles. The van der Waals surface area contributed by atoms with Crippen LogP contribution in [-0.4, -0.2) is 28.1 Å². The topological polar surface area (TPSA) is 68.2 Å². The third-order valence-electron chi connectivity index (χ3n) is 3.86. The molecule has 0 amide bonds. The van der Waals surface area contributed by atoms with E-state index in [-0.39, 0.29) is 0 Å². The van der Waals surface area contributed by atoms with Crippen LogP contribution in [0, 0.1) is 11.8 Å². The summed E-state index contributed by atoms with van der Waals surface area (Å²) in [5.74, 6) is 2.94. The average molecular weight is 252 g/mol. The van der Waals surface area contributed by atoms with E-state index in [4.69, 9.17) is 10.3 Å². The van der Waals surface area contributed by atoms with Gasteiger partial charge in [-0.3, -0.25) is 4.90 Å². The SMILES string of the molecule is CC(C)C1CCCN(Cc2noc(CN)n2)CC1. The largest absolute Gasteiger partial charge is 0.338 e. The van der Waals surface area contributed by atoms with Gasteiger partial charge in [0.1, 0.15) is 0 Å². The van der Waals surface area contributed by atoms with Crippen molar-refractivity contribution in [3.63, 3.8) is 0 Å². The lowest BCUT2D eigenvalue weighted by atomic mass is 9.89. The summed E-state index contributed by atoms with van der Waals surface area (Å²) < 4.78 is 5.03. The van der Waals surface area contributed by atoms with E-state index in [1.54, 1.807) is 0 Å². The van der Waals surface area contributed by atoms with Gasteiger partial charge in [0.05, 0.1) is 13.1 Å². The first-order valence-electron chi connectivity index (χ1n) is 6.93. The van der Waals surface area contributed by atoms with Crippen LogP contribution < -0.4 is 5.73 Å². The monoisotopic (exact) mass is 252 g/mol. The minimum Gasteiger partial charge on any atom is -0.338 e. The molecule has 1 aromatic rings. The number of nitrogens with zero attached hydrogens (tertiary/aromatic N) is 3. The molecule has 2 rings (SSSR count). The molecule has 0 aromatic carbocycles. The first-order chi connectivity index (χ1) is 8.69. The molecule has 0 saturated carbocycles. The second-order valence-electron chi connectivity index (χ2n) is 5.52. The van der Waals surface area contributed by atoms with Gasteiger partial charge < -0.3 is 10.3 Å². The van der Waals surface area contributed by atoms with Gasteiger partial charge in [0.15, 0.2) is 5.82 Å². The van der Waals surface area contributed by atoms with E-state index in [9.17, 15) is 0 Å². The standard InChI is InChI=1S/C13H24N4O/c1-10(2)11-4-3-6-17(7-5-11)9-12-15-13(8-14)18-16-12/h10-11H,3-9,14H2,1-2H3. The molecule has 0 radical (unpaired) electrons. The summed E-state index contributed by atoms with van der Waals surface area (Å²) in [4.78, 5) is 6.69. The van der Waals surface area contributed by atoms with Crippen molar-refractivity contribution in [1.29, 1.82) is 0 Å². The van der Waals surface area contributed by atoms with Crippen molar-refractivity contribution >= 4 is 0 Å². The maximum absolute atomic E-state index is 5.46. The lowest BCUT2D eigenvalue weighted by molar-refractivity contribution is 0.254. The van der Waals surface area contributed by atoms with Crippen LogP contribution in [0.15, 0.2) is 4.52 Å². The number of hydrogen-bond acceptors (Lipinski definition) is 5. The fraction of sp³-hybridized carbons (Fsp3) is 0.846. The number of hydrogen-bond donors (Lipinski definition) is 1. The Kier molecular flexibility index (Phi) is 4.72. The van der Waals surface area contributed by atoms with Gasteiger partial charge in [0.2, 0.25) is 5.89 Å². The molecule has 102 valence electrons. The van der Waals surface area contributed by atoms with Crippen LogP contribution in [0.5, 0.6) is 0 Å². The quantitative estimate of drug-likeness (QED) is 0.884. The van der Waals surface area contributed by atoms with Crippen molar-refractivity contribution in [3.8, 4) is 0 Å². The minimum atomic E-state index is 0.322. The highest BCUT2D eigenvalue weighted by atomic mass is 16.5. The van der Waals surface area contributed by atoms with E-state index in [2.05, 4.69) is 28.9 Å². The Hall–Kier alpha value is -0.940. The second kappa shape index (κ2) is 6.29. The number of likely N-dealkylation sites (tertiary alicyclic amines) is 1. The predicted octanol–water partition coefficient (Wildman–Crippen LogP) is 1.79. The van der Waals surface area contributed by atoms with Crippen molar-refractivity contribution in [3.05, 3.63) is 11.7 Å². The van der Waals surface area contributed by atoms with E-state index in [0.29, 0.717) is 12.4 Å². The highest BCUT2D eigenvalue weighted by molar-refractivity contribution is 4.86. The smallest absolute Gasteiger partial charge is 0.240 e. The lowest BCUT2D eigenvalue weighted by Crippen LogP contribution is -2.25. The molecule has 2 N–H and O–H groups in total. The molecule has 5 nitrogen and oxygen atoms in total. The summed E-state index contributed by atoms with van der Waals surface area (Å²) in [5, 5.41) is 3.96. The van der Waals surface area contributed by atoms with Crippen LogP contribution in [0.4, 0.5) is 0 Å². The third kappa shape index (κ3) is 3.53. The summed E-state index contributed by atoms with van der Waals surface area (Å²) in [5.41, 5.74) is 5.46. The van der Waals surface area contributed by atoms with Crippen molar-refractivity contribution in [1.82, 2.24) is 15.0 Å². The summed E-state index contributed by atoms with van der Waals surface area (Å²) in [7, 11) is 0. The highest BCUT2D eigenvalue weighted by Gasteiger charge is 2.20. The van der Waals surface area contributed by atoms with Crippen LogP contribution in [0.1, 0.15) is 44.8 Å². The zero-order chi connectivity index (χ0) is 13.0. The Labute approximate surface area is 109 Å². The summed E-state index contributed by atoms with van der Waals surface area (Å²) in [6.07, 6.45) is 3.89. The zero-order valence-corrected chi connectivity index (χ0v) is 11.4. The molecule has 1 atom stereocenters. The first kappa shape index (κ1) is 13.5. The van der Waals surface area contributed by atoms with Crippen LogP contribution >= 0.6 is 0 Å². The minimum absolute atomic E-state index is 0.322. The molecule has 0 aliphatic carbocycles. The third-order valence-corrected chi connectivity index (χ3v) is 3.86. The Morgan fingerprint density at radius 2 is 2.22 bits per heavy atom. The predicted molar refractivity (Wildman–Crippen MR) is 69.6 cm³/mol. The van der Waals surface area contributed by atoms with Gasteiger partial charge in [0, 0.05) is 0 Å². The molecule has 1 fully saturated rings. The van der Waals surface area contributed by atoms with E-state index < -0.39 is 0 Å². The number of rotatable bonds is 4.